The van der Waals surface area contributed by atoms with Crippen molar-refractivity contribution < 1.29 is 4.74 Å². The molecule has 4 rings (SSSR count). The van der Waals surface area contributed by atoms with Crippen LogP contribution in [0.1, 0.15) is 28.7 Å². The lowest BCUT2D eigenvalue weighted by Gasteiger charge is -2.27. The summed E-state index contributed by atoms with van der Waals surface area (Å²) in [6.07, 6.45) is 4.18. The number of aryl methyl sites for hydroxylation is 2. The number of rotatable bonds is 7. The molecule has 1 aliphatic rings. The van der Waals surface area contributed by atoms with Crippen molar-refractivity contribution >= 4 is 35.3 Å². The molecule has 1 fully saturated rings. The van der Waals surface area contributed by atoms with Crippen molar-refractivity contribution in [1.29, 1.82) is 10.5 Å². The van der Waals surface area contributed by atoms with Gasteiger partial charge in [0.05, 0.1) is 37.3 Å². The maximum Gasteiger partial charge on any atom is 0.233 e. The largest absolute Gasteiger partial charge is 0.378 e. The number of hydrogen-bond acceptors (Lipinski definition) is 9. The topological polar surface area (TPSA) is 123 Å². The smallest absolute Gasteiger partial charge is 0.233 e. The number of nitriles is 2. The number of aromatic nitrogens is 3. The van der Waals surface area contributed by atoms with Crippen LogP contribution >= 0.6 is 0 Å². The van der Waals surface area contributed by atoms with Crippen LogP contribution in [-0.2, 0) is 4.74 Å². The van der Waals surface area contributed by atoms with Gasteiger partial charge in [0.2, 0.25) is 17.8 Å². The van der Waals surface area contributed by atoms with Crippen molar-refractivity contribution in [2.75, 3.05) is 41.8 Å². The van der Waals surface area contributed by atoms with Gasteiger partial charge >= 0.3 is 0 Å². The second-order valence-electron chi connectivity index (χ2n) is 8.12. The third-order valence-corrected chi connectivity index (χ3v) is 5.50. The Bertz CT molecular complexity index is 1280. The average molecular weight is 467 g/mol. The molecule has 9 heteroatoms. The van der Waals surface area contributed by atoms with Crippen LogP contribution in [0, 0.1) is 36.5 Å². The first-order valence-electron chi connectivity index (χ1n) is 11.3. The number of nitrogens with zero attached hydrogens (tertiary/aromatic N) is 6. The molecule has 0 radical (unpaired) electrons. The Balaban J connectivity index is 1.65. The predicted molar refractivity (Wildman–Crippen MR) is 136 cm³/mol. The number of anilines is 5. The lowest BCUT2D eigenvalue weighted by Crippen LogP contribution is -2.37. The van der Waals surface area contributed by atoms with Crippen molar-refractivity contribution in [1.82, 2.24) is 15.0 Å². The fraction of sp³-hybridized carbons (Fsp3) is 0.269. The van der Waals surface area contributed by atoms with Crippen LogP contribution in [0.3, 0.4) is 0 Å². The molecule has 35 heavy (non-hydrogen) atoms. The van der Waals surface area contributed by atoms with Crippen LogP contribution in [0.4, 0.5) is 29.2 Å². The van der Waals surface area contributed by atoms with Crippen molar-refractivity contribution in [2.45, 2.75) is 20.3 Å². The van der Waals surface area contributed by atoms with Gasteiger partial charge in [-0.1, -0.05) is 12.2 Å². The molecule has 0 atom stereocenters. The van der Waals surface area contributed by atoms with E-state index in [0.717, 1.165) is 28.1 Å². The van der Waals surface area contributed by atoms with E-state index in [9.17, 15) is 0 Å². The number of benzene rings is 2. The molecule has 0 aliphatic carbocycles. The molecule has 1 aliphatic heterocycles. The number of morpholine rings is 1. The predicted octanol–water partition coefficient (Wildman–Crippen LogP) is 4.61. The molecule has 0 bridgehead atoms. The molecule has 9 nitrogen and oxygen atoms in total. The zero-order valence-corrected chi connectivity index (χ0v) is 19.7. The molecule has 3 aromatic rings. The van der Waals surface area contributed by atoms with E-state index in [-0.39, 0.29) is 0 Å². The highest BCUT2D eigenvalue weighted by Crippen LogP contribution is 2.27. The molecular formula is C26H26N8O. The van der Waals surface area contributed by atoms with Gasteiger partial charge in [-0.15, -0.1) is 0 Å². The quantitative estimate of drug-likeness (QED) is 0.514. The highest BCUT2D eigenvalue weighted by Gasteiger charge is 2.18. The minimum absolute atomic E-state index is 0.377. The summed E-state index contributed by atoms with van der Waals surface area (Å²) in [5.41, 5.74) is 5.39. The molecule has 2 aromatic carbocycles. The average Bonchev–Trinajstić information content (AvgIpc) is 2.87. The Morgan fingerprint density at radius 3 is 2.26 bits per heavy atom. The van der Waals surface area contributed by atoms with Crippen LogP contribution in [0.25, 0.3) is 6.08 Å². The molecule has 0 amide bonds. The van der Waals surface area contributed by atoms with Crippen LogP contribution in [0.2, 0.25) is 0 Å². The van der Waals surface area contributed by atoms with E-state index in [1.54, 1.807) is 12.1 Å². The Morgan fingerprint density at radius 1 is 0.971 bits per heavy atom. The zero-order valence-electron chi connectivity index (χ0n) is 19.7. The first-order valence-corrected chi connectivity index (χ1v) is 11.3. The summed E-state index contributed by atoms with van der Waals surface area (Å²) in [4.78, 5) is 16.0. The fourth-order valence-electron chi connectivity index (χ4n) is 3.79. The summed E-state index contributed by atoms with van der Waals surface area (Å²) in [5, 5.41) is 24.4. The third-order valence-electron chi connectivity index (χ3n) is 5.50. The van der Waals surface area contributed by atoms with E-state index < -0.39 is 0 Å². The molecule has 2 N–H and O–H groups in total. The van der Waals surface area contributed by atoms with Gasteiger partial charge in [-0.3, -0.25) is 0 Å². The number of ether oxygens (including phenoxy) is 1. The first-order chi connectivity index (χ1) is 17.1. The highest BCUT2D eigenvalue weighted by atomic mass is 16.5. The second kappa shape index (κ2) is 11.1. The monoisotopic (exact) mass is 466 g/mol. The van der Waals surface area contributed by atoms with Gasteiger partial charge in [0.1, 0.15) is 0 Å². The lowest BCUT2D eigenvalue weighted by molar-refractivity contribution is 0.122. The molecule has 176 valence electrons. The van der Waals surface area contributed by atoms with Gasteiger partial charge in [-0.2, -0.15) is 25.5 Å². The number of nitrogens with one attached hydrogen (secondary N) is 2. The maximum absolute atomic E-state index is 9.05. The zero-order chi connectivity index (χ0) is 24.6. The Hall–Kier alpha value is -4.47. The normalized spacial score (nSPS) is 13.3. The molecule has 0 unspecified atom stereocenters. The molecular weight excluding hydrogens is 440 g/mol. The van der Waals surface area contributed by atoms with Crippen LogP contribution in [0.5, 0.6) is 0 Å². The Labute approximate surface area is 204 Å². The van der Waals surface area contributed by atoms with Crippen LogP contribution in [-0.4, -0.2) is 41.3 Å². The number of hydrogen-bond donors (Lipinski definition) is 2. The minimum atomic E-state index is 0.377. The number of allylic oxidation sites excluding steroid dienone is 1. The van der Waals surface area contributed by atoms with E-state index in [1.807, 2.05) is 38.1 Å². The van der Waals surface area contributed by atoms with E-state index >= 15 is 0 Å². The molecule has 0 spiro atoms. The fourth-order valence-corrected chi connectivity index (χ4v) is 3.79. The van der Waals surface area contributed by atoms with E-state index in [0.29, 0.717) is 56.1 Å². The van der Waals surface area contributed by atoms with E-state index in [4.69, 9.17) is 20.2 Å². The van der Waals surface area contributed by atoms with Crippen molar-refractivity contribution in [2.24, 2.45) is 0 Å². The summed E-state index contributed by atoms with van der Waals surface area (Å²) in [7, 11) is 0. The molecule has 1 aromatic heterocycles. The first kappa shape index (κ1) is 23.7. The summed E-state index contributed by atoms with van der Waals surface area (Å²) in [5.74, 6) is 1.39. The summed E-state index contributed by atoms with van der Waals surface area (Å²) < 4.78 is 5.48. The minimum Gasteiger partial charge on any atom is -0.378 e. The van der Waals surface area contributed by atoms with E-state index in [1.165, 1.54) is 0 Å². The van der Waals surface area contributed by atoms with Gasteiger partial charge < -0.3 is 20.3 Å². The summed E-state index contributed by atoms with van der Waals surface area (Å²) >= 11 is 0. The molecule has 2 heterocycles. The lowest BCUT2D eigenvalue weighted by atomic mass is 10.0. The van der Waals surface area contributed by atoms with Gasteiger partial charge in [0, 0.05) is 24.5 Å². The standard InChI is InChI=1S/C26H26N8O/c1-18-15-21(5-3-4-10-27)16-19(2)23(18)30-25-31-24(29-22-8-6-20(17-28)7-9-22)32-26(33-25)34-11-13-35-14-12-34/h3,5-9,15-16H,4,11-14H2,1-2H3,(H2,29,30,31,32,33). The molecule has 0 saturated carbocycles. The second-order valence-corrected chi connectivity index (χ2v) is 8.12. The van der Waals surface area contributed by atoms with Crippen LogP contribution < -0.4 is 15.5 Å². The van der Waals surface area contributed by atoms with E-state index in [2.05, 4.69) is 49.8 Å². The van der Waals surface area contributed by atoms with Gasteiger partial charge in [-0.25, -0.2) is 0 Å². The molecule has 1 saturated heterocycles. The Kier molecular flexibility index (Phi) is 7.51. The van der Waals surface area contributed by atoms with Gasteiger partial charge in [-0.05, 0) is 66.9 Å². The maximum atomic E-state index is 9.05. The highest BCUT2D eigenvalue weighted by molar-refractivity contribution is 5.68. The third kappa shape index (κ3) is 6.11. The van der Waals surface area contributed by atoms with Gasteiger partial charge in [0.25, 0.3) is 0 Å². The van der Waals surface area contributed by atoms with Gasteiger partial charge in [0.15, 0.2) is 0 Å². The van der Waals surface area contributed by atoms with Crippen molar-refractivity contribution in [3.05, 3.63) is 64.7 Å². The summed E-state index contributed by atoms with van der Waals surface area (Å²) in [6.45, 7) is 6.68. The van der Waals surface area contributed by atoms with Crippen LogP contribution in [0.15, 0.2) is 42.5 Å². The summed E-state index contributed by atoms with van der Waals surface area (Å²) in [6, 6.07) is 15.5. The Morgan fingerprint density at radius 2 is 1.63 bits per heavy atom. The van der Waals surface area contributed by atoms with Crippen molar-refractivity contribution in [3.8, 4) is 12.1 Å². The SMILES string of the molecule is Cc1cc(C=CCC#N)cc(C)c1Nc1nc(Nc2ccc(C#N)cc2)nc(N2CCOCC2)n1. The van der Waals surface area contributed by atoms with Crippen molar-refractivity contribution in [3.63, 3.8) is 0 Å².